The zero-order chi connectivity index (χ0) is 25.9. The molecule has 1 atom stereocenters. The summed E-state index contributed by atoms with van der Waals surface area (Å²) in [6.07, 6.45) is 5.76. The predicted molar refractivity (Wildman–Crippen MR) is 169 cm³/mol. The minimum atomic E-state index is 0.369. The maximum absolute atomic E-state index is 2.41. The van der Waals surface area contributed by atoms with Crippen molar-refractivity contribution in [1.82, 2.24) is 0 Å². The normalized spacial score (nSPS) is 14.5. The van der Waals surface area contributed by atoms with Gasteiger partial charge in [-0.05, 0) is 115 Å². The Morgan fingerprint density at radius 3 is 2.10 bits per heavy atom. The van der Waals surface area contributed by atoms with Crippen LogP contribution in [0.1, 0.15) is 28.2 Å². The lowest BCUT2D eigenvalue weighted by Gasteiger charge is -2.22. The van der Waals surface area contributed by atoms with E-state index in [1.54, 1.807) is 0 Å². The Balaban J connectivity index is 1.17. The quantitative estimate of drug-likeness (QED) is 0.213. The van der Waals surface area contributed by atoms with Crippen LogP contribution in [0.3, 0.4) is 0 Å². The lowest BCUT2D eigenvalue weighted by atomic mass is 9.81. The first kappa shape index (κ1) is 22.3. The Hall–Kier alpha value is -4.68. The van der Waals surface area contributed by atoms with Crippen molar-refractivity contribution in [2.45, 2.75) is 19.3 Å². The van der Waals surface area contributed by atoms with Crippen molar-refractivity contribution in [3.8, 4) is 11.1 Å². The van der Waals surface area contributed by atoms with Gasteiger partial charge in [-0.2, -0.15) is 0 Å². The summed E-state index contributed by atoms with van der Waals surface area (Å²) < 4.78 is 0. The van der Waals surface area contributed by atoms with Crippen LogP contribution in [0.2, 0.25) is 0 Å². The van der Waals surface area contributed by atoms with Crippen LogP contribution in [0.15, 0.2) is 127 Å². The van der Waals surface area contributed by atoms with Crippen molar-refractivity contribution >= 4 is 49.2 Å². The fourth-order valence-electron chi connectivity index (χ4n) is 6.52. The highest BCUT2D eigenvalue weighted by molar-refractivity contribution is 6.00. The Labute approximate surface area is 228 Å². The average molecular weight is 497 g/mol. The van der Waals surface area contributed by atoms with Gasteiger partial charge in [0, 0.05) is 5.92 Å². The van der Waals surface area contributed by atoms with E-state index in [0.29, 0.717) is 5.92 Å². The van der Waals surface area contributed by atoms with Gasteiger partial charge in [0.2, 0.25) is 0 Å². The Bertz CT molecular complexity index is 2110. The monoisotopic (exact) mass is 496 g/mol. The second-order valence-electron chi connectivity index (χ2n) is 11.1. The van der Waals surface area contributed by atoms with Crippen LogP contribution in [0.4, 0.5) is 0 Å². The van der Waals surface area contributed by atoms with E-state index >= 15 is 0 Å². The summed E-state index contributed by atoms with van der Waals surface area (Å²) in [6.45, 7) is 2.15. The molecule has 0 N–H and O–H groups in total. The predicted octanol–water partition coefficient (Wildman–Crippen LogP) is 10.6. The molecule has 39 heavy (non-hydrogen) atoms. The lowest BCUT2D eigenvalue weighted by molar-refractivity contribution is 0.844. The molecule has 8 rings (SSSR count). The van der Waals surface area contributed by atoms with Crippen LogP contribution in [-0.4, -0.2) is 0 Å². The van der Waals surface area contributed by atoms with Crippen LogP contribution in [0.5, 0.6) is 0 Å². The first-order valence-electron chi connectivity index (χ1n) is 13.9. The average Bonchev–Trinajstić information content (AvgIpc) is 2.97. The van der Waals surface area contributed by atoms with E-state index in [-0.39, 0.29) is 0 Å². The van der Waals surface area contributed by atoms with E-state index in [1.165, 1.54) is 76.5 Å². The van der Waals surface area contributed by atoms with Crippen molar-refractivity contribution in [2.24, 2.45) is 0 Å². The fourth-order valence-corrected chi connectivity index (χ4v) is 6.52. The molecule has 1 aliphatic carbocycles. The standard InChI is InChI=1S/C39H28/c1-25-9-11-30-21-32(14-13-29(30)17-25)37-23-34-7-4-8-38-33(15-16-35(24-37)39(34)38)18-26-10-12-31-20-27-5-2-3-6-28(27)22-36(31)19-26/h2-17,19-24,33H,18H2,1H3. The third-order valence-corrected chi connectivity index (χ3v) is 8.50. The lowest BCUT2D eigenvalue weighted by Crippen LogP contribution is -2.05. The third-order valence-electron chi connectivity index (χ3n) is 8.50. The highest BCUT2D eigenvalue weighted by Gasteiger charge is 2.19. The fraction of sp³-hybridized carbons (Fsp3) is 0.0769. The molecule has 0 spiro atoms. The number of rotatable bonds is 3. The second-order valence-corrected chi connectivity index (χ2v) is 11.1. The summed E-state index contributed by atoms with van der Waals surface area (Å²) in [5, 5.41) is 10.5. The van der Waals surface area contributed by atoms with Gasteiger partial charge in [0.05, 0.1) is 0 Å². The summed E-state index contributed by atoms with van der Waals surface area (Å²) in [7, 11) is 0. The van der Waals surface area contributed by atoms with E-state index in [2.05, 4.69) is 140 Å². The van der Waals surface area contributed by atoms with Gasteiger partial charge in [-0.15, -0.1) is 0 Å². The molecule has 0 bridgehead atoms. The van der Waals surface area contributed by atoms with Gasteiger partial charge >= 0.3 is 0 Å². The van der Waals surface area contributed by atoms with Crippen molar-refractivity contribution in [3.63, 3.8) is 0 Å². The topological polar surface area (TPSA) is 0 Å². The largest absolute Gasteiger partial charge is 0.0760 e. The summed E-state index contributed by atoms with van der Waals surface area (Å²) in [5.74, 6) is 0.369. The van der Waals surface area contributed by atoms with E-state index in [9.17, 15) is 0 Å². The molecule has 0 amide bonds. The van der Waals surface area contributed by atoms with Crippen molar-refractivity contribution in [1.29, 1.82) is 0 Å². The van der Waals surface area contributed by atoms with Gasteiger partial charge in [0.1, 0.15) is 0 Å². The number of aryl methyl sites for hydroxylation is 1. The Morgan fingerprint density at radius 2 is 1.21 bits per heavy atom. The molecule has 7 aromatic rings. The van der Waals surface area contributed by atoms with Gasteiger partial charge < -0.3 is 0 Å². The molecule has 0 aromatic heterocycles. The molecule has 0 heterocycles. The Morgan fingerprint density at radius 1 is 0.513 bits per heavy atom. The van der Waals surface area contributed by atoms with Crippen LogP contribution in [-0.2, 0) is 6.42 Å². The molecular formula is C39H28. The van der Waals surface area contributed by atoms with Crippen molar-refractivity contribution < 1.29 is 0 Å². The van der Waals surface area contributed by atoms with Gasteiger partial charge in [0.15, 0.2) is 0 Å². The van der Waals surface area contributed by atoms with E-state index < -0.39 is 0 Å². The SMILES string of the molecule is Cc1ccc2cc(-c3cc4c5c(cccc5c3)C(Cc3ccc5cc6ccccc6cc5c3)C=C4)ccc2c1. The maximum atomic E-state index is 2.41. The zero-order valence-corrected chi connectivity index (χ0v) is 22.0. The third kappa shape index (κ3) is 3.83. The van der Waals surface area contributed by atoms with Crippen molar-refractivity contribution in [2.75, 3.05) is 0 Å². The van der Waals surface area contributed by atoms with Crippen molar-refractivity contribution in [3.05, 3.63) is 150 Å². The molecule has 1 aliphatic rings. The van der Waals surface area contributed by atoms with Gasteiger partial charge in [0.25, 0.3) is 0 Å². The Kier molecular flexibility index (Phi) is 4.97. The molecule has 0 aliphatic heterocycles. The highest BCUT2D eigenvalue weighted by Crippen LogP contribution is 2.39. The van der Waals surface area contributed by atoms with E-state index in [1.807, 2.05) is 0 Å². The molecule has 0 saturated carbocycles. The molecule has 1 unspecified atom stereocenters. The second kappa shape index (κ2) is 8.68. The van der Waals surface area contributed by atoms with Crippen LogP contribution >= 0.6 is 0 Å². The first-order valence-corrected chi connectivity index (χ1v) is 13.9. The number of fused-ring (bicyclic) bond motifs is 3. The summed E-state index contributed by atoms with van der Waals surface area (Å²) in [5.41, 5.74) is 7.99. The summed E-state index contributed by atoms with van der Waals surface area (Å²) >= 11 is 0. The molecule has 0 heteroatoms. The van der Waals surface area contributed by atoms with Crippen LogP contribution in [0, 0.1) is 6.92 Å². The number of benzene rings is 7. The number of hydrogen-bond acceptors (Lipinski definition) is 0. The van der Waals surface area contributed by atoms with Gasteiger partial charge in [-0.25, -0.2) is 0 Å². The molecular weight excluding hydrogens is 468 g/mol. The molecule has 184 valence electrons. The first-order chi connectivity index (χ1) is 19.2. The highest BCUT2D eigenvalue weighted by atomic mass is 14.2. The summed E-state index contributed by atoms with van der Waals surface area (Å²) in [4.78, 5) is 0. The summed E-state index contributed by atoms with van der Waals surface area (Å²) in [6, 6.07) is 45.3. The zero-order valence-electron chi connectivity index (χ0n) is 22.0. The number of allylic oxidation sites excluding steroid dienone is 1. The van der Waals surface area contributed by atoms with E-state index in [0.717, 1.165) is 6.42 Å². The molecule has 0 fully saturated rings. The van der Waals surface area contributed by atoms with Crippen LogP contribution in [0.25, 0.3) is 60.3 Å². The number of hydrogen-bond donors (Lipinski definition) is 0. The van der Waals surface area contributed by atoms with E-state index in [4.69, 9.17) is 0 Å². The molecule has 0 nitrogen and oxygen atoms in total. The molecule has 0 saturated heterocycles. The van der Waals surface area contributed by atoms with Gasteiger partial charge in [-0.1, -0.05) is 109 Å². The minimum Gasteiger partial charge on any atom is -0.0760 e. The smallest absolute Gasteiger partial charge is 0.00680 e. The minimum absolute atomic E-state index is 0.369. The van der Waals surface area contributed by atoms with Crippen LogP contribution < -0.4 is 0 Å². The van der Waals surface area contributed by atoms with Gasteiger partial charge in [-0.3, -0.25) is 0 Å². The molecule has 0 radical (unpaired) electrons. The maximum Gasteiger partial charge on any atom is 0.00680 e. The molecule has 7 aromatic carbocycles.